The Morgan fingerprint density at radius 1 is 0.963 bits per heavy atom. The van der Waals surface area contributed by atoms with Crippen LogP contribution in [0.25, 0.3) is 0 Å². The second-order valence-corrected chi connectivity index (χ2v) is 7.02. The summed E-state index contributed by atoms with van der Waals surface area (Å²) in [5.41, 5.74) is 8.36. The summed E-state index contributed by atoms with van der Waals surface area (Å²) in [6, 6.07) is 20.1. The van der Waals surface area contributed by atoms with Crippen LogP contribution < -0.4 is 5.73 Å². The van der Waals surface area contributed by atoms with E-state index in [1.807, 2.05) is 31.2 Å². The van der Waals surface area contributed by atoms with Crippen LogP contribution in [0.3, 0.4) is 0 Å². The first-order valence-electron chi connectivity index (χ1n) is 9.70. The zero-order chi connectivity index (χ0) is 19.5. The van der Waals surface area contributed by atoms with Gasteiger partial charge in [0, 0.05) is 6.61 Å². The topological polar surface area (TPSA) is 61.5 Å². The van der Waals surface area contributed by atoms with Gasteiger partial charge in [0.15, 0.2) is 0 Å². The third kappa shape index (κ3) is 7.94. The highest BCUT2D eigenvalue weighted by atomic mass is 16.5. The first-order valence-corrected chi connectivity index (χ1v) is 9.70. The molecule has 0 saturated carbocycles. The number of rotatable bonds is 3. The van der Waals surface area contributed by atoms with Crippen molar-refractivity contribution in [1.29, 1.82) is 0 Å². The number of nitrogens with two attached hydrogens (primary N) is 1. The second kappa shape index (κ2) is 11.5. The van der Waals surface area contributed by atoms with E-state index in [-0.39, 0.29) is 18.7 Å². The van der Waals surface area contributed by atoms with Gasteiger partial charge in [0.2, 0.25) is 0 Å². The number of carbonyl (C=O) groups excluding carboxylic acids is 1. The van der Waals surface area contributed by atoms with Crippen LogP contribution in [0.4, 0.5) is 0 Å². The highest BCUT2D eigenvalue weighted by Gasteiger charge is 2.24. The molecule has 1 fully saturated rings. The third-order valence-electron chi connectivity index (χ3n) is 4.55. The van der Waals surface area contributed by atoms with Gasteiger partial charge in [0.05, 0.1) is 12.7 Å². The summed E-state index contributed by atoms with van der Waals surface area (Å²) >= 11 is 0. The Morgan fingerprint density at radius 3 is 2.11 bits per heavy atom. The third-order valence-corrected chi connectivity index (χ3v) is 4.55. The van der Waals surface area contributed by atoms with Gasteiger partial charge < -0.3 is 15.2 Å². The van der Waals surface area contributed by atoms with Gasteiger partial charge in [-0.05, 0) is 43.2 Å². The van der Waals surface area contributed by atoms with Crippen molar-refractivity contribution in [3.8, 4) is 0 Å². The van der Waals surface area contributed by atoms with E-state index in [0.717, 1.165) is 19.3 Å². The predicted molar refractivity (Wildman–Crippen MR) is 108 cm³/mol. The summed E-state index contributed by atoms with van der Waals surface area (Å²) in [5, 5.41) is 0. The molecule has 0 radical (unpaired) electrons. The Kier molecular flexibility index (Phi) is 9.02. The maximum absolute atomic E-state index is 11.6. The molecule has 3 atom stereocenters. The molecule has 27 heavy (non-hydrogen) atoms. The van der Waals surface area contributed by atoms with Crippen molar-refractivity contribution in [3.05, 3.63) is 71.8 Å². The van der Waals surface area contributed by atoms with Gasteiger partial charge >= 0.3 is 5.97 Å². The molecule has 1 aliphatic rings. The summed E-state index contributed by atoms with van der Waals surface area (Å²) in [5.74, 6) is -0.0247. The van der Waals surface area contributed by atoms with Gasteiger partial charge in [-0.15, -0.1) is 0 Å². The van der Waals surface area contributed by atoms with Crippen molar-refractivity contribution in [1.82, 2.24) is 0 Å². The van der Waals surface area contributed by atoms with Crippen LogP contribution in [0.5, 0.6) is 0 Å². The quantitative estimate of drug-likeness (QED) is 0.837. The van der Waals surface area contributed by atoms with Crippen LogP contribution in [-0.2, 0) is 27.1 Å². The van der Waals surface area contributed by atoms with E-state index in [2.05, 4.69) is 43.3 Å². The zero-order valence-corrected chi connectivity index (χ0v) is 16.3. The molecule has 1 saturated heterocycles. The molecular weight excluding hydrogens is 338 g/mol. The van der Waals surface area contributed by atoms with Crippen LogP contribution in [0.1, 0.15) is 31.4 Å². The number of ether oxygens (including phenoxy) is 2. The Balaban J connectivity index is 0.000000273. The maximum atomic E-state index is 11.6. The Bertz CT molecular complexity index is 660. The Labute approximate surface area is 162 Å². The lowest BCUT2D eigenvalue weighted by atomic mass is 9.95. The first-order chi connectivity index (χ1) is 13.1. The fraction of sp³-hybridized carbons (Fsp3) is 0.435. The van der Waals surface area contributed by atoms with Gasteiger partial charge in [0.25, 0.3) is 0 Å². The first kappa shape index (κ1) is 21.1. The molecule has 4 heteroatoms. The lowest BCUT2D eigenvalue weighted by molar-refractivity contribution is -0.150. The highest BCUT2D eigenvalue weighted by molar-refractivity contribution is 5.75. The fourth-order valence-corrected chi connectivity index (χ4v) is 3.10. The van der Waals surface area contributed by atoms with E-state index in [9.17, 15) is 4.79 Å². The molecule has 3 rings (SSSR count). The molecule has 1 aliphatic heterocycles. The zero-order valence-electron chi connectivity index (χ0n) is 16.3. The van der Waals surface area contributed by atoms with Crippen molar-refractivity contribution in [2.75, 3.05) is 13.2 Å². The van der Waals surface area contributed by atoms with Crippen molar-refractivity contribution in [3.63, 3.8) is 0 Å². The minimum atomic E-state index is -0.669. The summed E-state index contributed by atoms with van der Waals surface area (Å²) in [6.45, 7) is 4.92. The molecule has 2 aromatic rings. The van der Waals surface area contributed by atoms with Gasteiger partial charge in [-0.3, -0.25) is 4.79 Å². The van der Waals surface area contributed by atoms with Crippen molar-refractivity contribution in [2.45, 2.75) is 45.3 Å². The summed E-state index contributed by atoms with van der Waals surface area (Å²) < 4.78 is 10.9. The highest BCUT2D eigenvalue weighted by Crippen LogP contribution is 2.18. The van der Waals surface area contributed by atoms with Crippen LogP contribution in [0.15, 0.2) is 60.7 Å². The molecule has 0 bridgehead atoms. The molecule has 1 heterocycles. The molecule has 0 amide bonds. The van der Waals surface area contributed by atoms with Gasteiger partial charge in [-0.25, -0.2) is 0 Å². The molecule has 4 nitrogen and oxygen atoms in total. The van der Waals surface area contributed by atoms with E-state index < -0.39 is 6.04 Å². The molecule has 2 aromatic carbocycles. The molecule has 0 spiro atoms. The number of hydrogen-bond acceptors (Lipinski definition) is 4. The minimum Gasteiger partial charge on any atom is -0.461 e. The average molecular weight is 370 g/mol. The van der Waals surface area contributed by atoms with E-state index in [1.165, 1.54) is 11.1 Å². The van der Waals surface area contributed by atoms with Gasteiger partial charge in [-0.1, -0.05) is 67.6 Å². The number of hydrogen-bond donors (Lipinski definition) is 1. The van der Waals surface area contributed by atoms with E-state index in [1.54, 1.807) is 0 Å². The van der Waals surface area contributed by atoms with Crippen LogP contribution in [0, 0.1) is 5.92 Å². The molecule has 2 unspecified atom stereocenters. The molecule has 2 N–H and O–H groups in total. The Morgan fingerprint density at radius 2 is 1.56 bits per heavy atom. The molecule has 0 aromatic heterocycles. The normalized spacial score (nSPS) is 23.1. The fourth-order valence-electron chi connectivity index (χ4n) is 3.10. The van der Waals surface area contributed by atoms with Crippen molar-refractivity contribution >= 4 is 5.97 Å². The predicted octanol–water partition coefficient (Wildman–Crippen LogP) is 3.77. The Hall–Kier alpha value is -2.17. The standard InChI is InChI=1S/C15H21NO3.C8H10/c1-11-7-13(8-12-5-3-2-4-6-12)9-18-10-14(16)15(17)19-11;1-2-8-6-4-3-5-7-8/h2-6,11,13-14H,7-10,16H2,1H3;3-7H,2H2,1H3/t11?,13?,14-;/m0./s1. The summed E-state index contributed by atoms with van der Waals surface area (Å²) in [4.78, 5) is 11.6. The smallest absolute Gasteiger partial charge is 0.325 e. The van der Waals surface area contributed by atoms with E-state index >= 15 is 0 Å². The van der Waals surface area contributed by atoms with E-state index in [4.69, 9.17) is 15.2 Å². The average Bonchev–Trinajstić information content (AvgIpc) is 2.74. The van der Waals surface area contributed by atoms with E-state index in [0.29, 0.717) is 12.5 Å². The number of benzene rings is 2. The number of aryl methyl sites for hydroxylation is 1. The largest absolute Gasteiger partial charge is 0.461 e. The maximum Gasteiger partial charge on any atom is 0.325 e. The van der Waals surface area contributed by atoms with Crippen LogP contribution in [0.2, 0.25) is 0 Å². The second-order valence-electron chi connectivity index (χ2n) is 7.02. The monoisotopic (exact) mass is 369 g/mol. The van der Waals surface area contributed by atoms with Crippen LogP contribution in [-0.4, -0.2) is 31.3 Å². The van der Waals surface area contributed by atoms with Crippen molar-refractivity contribution in [2.24, 2.45) is 11.7 Å². The lowest BCUT2D eigenvalue weighted by Crippen LogP contribution is -2.37. The van der Waals surface area contributed by atoms with Crippen molar-refractivity contribution < 1.29 is 14.3 Å². The number of esters is 1. The molecule has 146 valence electrons. The van der Waals surface area contributed by atoms with Gasteiger partial charge in [0.1, 0.15) is 6.04 Å². The number of carbonyl (C=O) groups is 1. The minimum absolute atomic E-state index is 0.117. The summed E-state index contributed by atoms with van der Waals surface area (Å²) in [6.07, 6.45) is 2.75. The SMILES string of the molecule is CC1CC(Cc2ccccc2)COC[C@H](N)C(=O)O1.CCc1ccccc1. The van der Waals surface area contributed by atoms with Crippen LogP contribution >= 0.6 is 0 Å². The molecule has 0 aliphatic carbocycles. The summed E-state index contributed by atoms with van der Waals surface area (Å²) in [7, 11) is 0. The lowest BCUT2D eigenvalue weighted by Gasteiger charge is -2.19. The molecular formula is C23H31NO3. The number of cyclic esters (lactones) is 1. The van der Waals surface area contributed by atoms with Gasteiger partial charge in [-0.2, -0.15) is 0 Å².